The number of anilines is 3. The van der Waals surface area contributed by atoms with Gasteiger partial charge in [-0.05, 0) is 61.0 Å². The minimum atomic E-state index is -4.02. The number of rotatable bonds is 6. The third-order valence-corrected chi connectivity index (χ3v) is 7.91. The fourth-order valence-electron chi connectivity index (χ4n) is 3.25. The highest BCUT2D eigenvalue weighted by Gasteiger charge is 2.31. The number of ketones is 1. The molecule has 0 aliphatic rings. The van der Waals surface area contributed by atoms with Crippen molar-refractivity contribution < 1.29 is 17.6 Å². The second-order valence-corrected chi connectivity index (χ2v) is 10.1. The lowest BCUT2D eigenvalue weighted by molar-refractivity contribution is 0.104. The number of hydrogen-bond donors (Lipinski definition) is 2. The molecule has 0 saturated heterocycles. The first-order valence-corrected chi connectivity index (χ1v) is 11.9. The second kappa shape index (κ2) is 8.57. The normalized spacial score (nSPS) is 11.3. The molecule has 0 radical (unpaired) electrons. The van der Waals surface area contributed by atoms with Gasteiger partial charge in [-0.25, -0.2) is 12.8 Å². The van der Waals surface area contributed by atoms with E-state index in [-0.39, 0.29) is 30.9 Å². The second-order valence-electron chi connectivity index (χ2n) is 7.15. The van der Waals surface area contributed by atoms with Crippen LogP contribution >= 0.6 is 11.3 Å². The lowest BCUT2D eigenvalue weighted by Crippen LogP contribution is -2.08. The van der Waals surface area contributed by atoms with Crippen molar-refractivity contribution in [3.63, 3.8) is 0 Å². The summed E-state index contributed by atoms with van der Waals surface area (Å²) in [5.41, 5.74) is 8.00. The van der Waals surface area contributed by atoms with Gasteiger partial charge in [-0.2, -0.15) is 0 Å². The van der Waals surface area contributed by atoms with Crippen molar-refractivity contribution in [1.29, 1.82) is 0 Å². The number of carbonyl (C=O) groups excluding carboxylic acids is 1. The molecule has 0 aliphatic heterocycles. The molecular formula is C24H19FN2O3S2. The molecule has 1 heterocycles. The van der Waals surface area contributed by atoms with E-state index in [2.05, 4.69) is 5.32 Å². The van der Waals surface area contributed by atoms with E-state index in [1.165, 1.54) is 36.4 Å². The van der Waals surface area contributed by atoms with E-state index in [9.17, 15) is 17.6 Å². The molecule has 3 aromatic carbocycles. The number of thiophene rings is 1. The van der Waals surface area contributed by atoms with Crippen molar-refractivity contribution in [3.05, 3.63) is 101 Å². The molecule has 3 N–H and O–H groups in total. The van der Waals surface area contributed by atoms with Crippen LogP contribution in [-0.4, -0.2) is 14.2 Å². The number of sulfone groups is 1. The highest BCUT2D eigenvalue weighted by molar-refractivity contribution is 7.92. The van der Waals surface area contributed by atoms with E-state index in [1.54, 1.807) is 24.3 Å². The van der Waals surface area contributed by atoms with E-state index in [0.717, 1.165) is 16.9 Å². The van der Waals surface area contributed by atoms with Gasteiger partial charge >= 0.3 is 0 Å². The lowest BCUT2D eigenvalue weighted by Gasteiger charge is -2.10. The largest absolute Gasteiger partial charge is 0.396 e. The summed E-state index contributed by atoms with van der Waals surface area (Å²) in [7, 11) is -4.02. The summed E-state index contributed by atoms with van der Waals surface area (Å²) in [6, 6.07) is 20.3. The molecule has 0 saturated carbocycles. The molecule has 32 heavy (non-hydrogen) atoms. The van der Waals surface area contributed by atoms with Crippen molar-refractivity contribution in [2.24, 2.45) is 0 Å². The Balaban J connectivity index is 1.88. The van der Waals surface area contributed by atoms with Crippen LogP contribution in [0.1, 0.15) is 20.8 Å². The standard InChI is InChI=1S/C24H19FN2O3S2/c1-15-6-5-7-18(14-15)27-24-23(32(29,30)19-8-3-2-4-9-19)20(26)22(31-24)21(28)16-10-12-17(25)13-11-16/h2-14,27H,26H2,1H3. The summed E-state index contributed by atoms with van der Waals surface area (Å²) in [6.45, 7) is 1.92. The highest BCUT2D eigenvalue weighted by atomic mass is 32.2. The molecule has 1 aromatic heterocycles. The van der Waals surface area contributed by atoms with Crippen molar-refractivity contribution in [1.82, 2.24) is 0 Å². The summed E-state index contributed by atoms with van der Waals surface area (Å²) < 4.78 is 40.2. The van der Waals surface area contributed by atoms with Gasteiger partial charge in [0.05, 0.1) is 10.6 Å². The van der Waals surface area contributed by atoms with Gasteiger partial charge in [0.15, 0.2) is 0 Å². The van der Waals surface area contributed by atoms with Crippen LogP contribution in [0.5, 0.6) is 0 Å². The van der Waals surface area contributed by atoms with Gasteiger partial charge in [0, 0.05) is 11.3 Å². The van der Waals surface area contributed by atoms with E-state index >= 15 is 0 Å². The van der Waals surface area contributed by atoms with Crippen LogP contribution in [0.15, 0.2) is 88.7 Å². The predicted octanol–water partition coefficient (Wildman–Crippen LogP) is 5.59. The number of aryl methyl sites for hydroxylation is 1. The minimum absolute atomic E-state index is 0.0672. The van der Waals surface area contributed by atoms with E-state index in [0.29, 0.717) is 5.69 Å². The van der Waals surface area contributed by atoms with Crippen LogP contribution in [0, 0.1) is 12.7 Å². The number of nitrogens with two attached hydrogens (primary N) is 1. The summed E-state index contributed by atoms with van der Waals surface area (Å²) in [5.74, 6) is -0.954. The maximum Gasteiger partial charge on any atom is 0.211 e. The third kappa shape index (κ3) is 4.15. The molecule has 0 amide bonds. The van der Waals surface area contributed by atoms with Crippen molar-refractivity contribution >= 4 is 43.3 Å². The zero-order valence-corrected chi connectivity index (χ0v) is 18.6. The van der Waals surface area contributed by atoms with E-state index in [1.807, 2.05) is 25.1 Å². The summed E-state index contributed by atoms with van der Waals surface area (Å²) >= 11 is 0.957. The first kappa shape index (κ1) is 21.7. The van der Waals surface area contributed by atoms with Gasteiger partial charge in [-0.1, -0.05) is 30.3 Å². The average Bonchev–Trinajstić information content (AvgIpc) is 3.10. The van der Waals surface area contributed by atoms with Gasteiger partial charge in [-0.15, -0.1) is 11.3 Å². The molecule has 162 valence electrons. The monoisotopic (exact) mass is 466 g/mol. The fraction of sp³-hybridized carbons (Fsp3) is 0.0417. The zero-order valence-electron chi connectivity index (χ0n) is 17.0. The average molecular weight is 467 g/mol. The maximum atomic E-state index is 13.5. The first-order chi connectivity index (χ1) is 15.3. The molecule has 5 nitrogen and oxygen atoms in total. The van der Waals surface area contributed by atoms with E-state index < -0.39 is 21.4 Å². The van der Waals surface area contributed by atoms with Gasteiger partial charge in [0.1, 0.15) is 20.6 Å². The van der Waals surface area contributed by atoms with Crippen LogP contribution in [-0.2, 0) is 9.84 Å². The number of nitrogens with one attached hydrogen (secondary N) is 1. The first-order valence-electron chi connectivity index (χ1n) is 9.64. The molecule has 0 fully saturated rings. The van der Waals surface area contributed by atoms with Gasteiger partial charge in [-0.3, -0.25) is 4.79 Å². The molecule has 0 aliphatic carbocycles. The molecule has 4 rings (SSSR count). The zero-order chi connectivity index (χ0) is 22.9. The quantitative estimate of drug-likeness (QED) is 0.362. The summed E-state index contributed by atoms with van der Waals surface area (Å²) in [5, 5.41) is 3.35. The SMILES string of the molecule is Cc1cccc(Nc2sc(C(=O)c3ccc(F)cc3)c(N)c2S(=O)(=O)c2ccccc2)c1. The smallest absolute Gasteiger partial charge is 0.211 e. The molecule has 0 unspecified atom stereocenters. The van der Waals surface area contributed by atoms with E-state index in [4.69, 9.17) is 5.73 Å². The topological polar surface area (TPSA) is 89.3 Å². The Bertz CT molecular complexity index is 1400. The maximum absolute atomic E-state index is 13.5. The van der Waals surface area contributed by atoms with Crippen LogP contribution in [0.4, 0.5) is 20.8 Å². The number of benzene rings is 3. The van der Waals surface area contributed by atoms with Crippen molar-refractivity contribution in [3.8, 4) is 0 Å². The van der Waals surface area contributed by atoms with Crippen LogP contribution in [0.2, 0.25) is 0 Å². The van der Waals surface area contributed by atoms with Crippen LogP contribution in [0.25, 0.3) is 0 Å². The number of nitrogen functional groups attached to an aromatic ring is 1. The third-order valence-electron chi connectivity index (χ3n) is 4.81. The number of halogens is 1. The molecule has 8 heteroatoms. The predicted molar refractivity (Wildman–Crippen MR) is 125 cm³/mol. The Morgan fingerprint density at radius 2 is 1.66 bits per heavy atom. The Hall–Kier alpha value is -3.49. The summed E-state index contributed by atoms with van der Waals surface area (Å²) in [4.78, 5) is 13.1. The Morgan fingerprint density at radius 3 is 2.31 bits per heavy atom. The highest BCUT2D eigenvalue weighted by Crippen LogP contribution is 2.44. The Morgan fingerprint density at radius 1 is 0.969 bits per heavy atom. The molecule has 0 atom stereocenters. The van der Waals surface area contributed by atoms with Gasteiger partial charge in [0.25, 0.3) is 0 Å². The molecule has 4 aromatic rings. The Labute approximate surface area is 189 Å². The van der Waals surface area contributed by atoms with Crippen LogP contribution in [0.3, 0.4) is 0 Å². The number of carbonyl (C=O) groups is 1. The van der Waals surface area contributed by atoms with Crippen molar-refractivity contribution in [2.45, 2.75) is 16.7 Å². The van der Waals surface area contributed by atoms with Crippen LogP contribution < -0.4 is 11.1 Å². The van der Waals surface area contributed by atoms with Crippen molar-refractivity contribution in [2.75, 3.05) is 11.1 Å². The summed E-state index contributed by atoms with van der Waals surface area (Å²) in [6.07, 6.45) is 0. The molecule has 0 bridgehead atoms. The Kier molecular flexibility index (Phi) is 5.82. The number of hydrogen-bond acceptors (Lipinski definition) is 6. The molecular weight excluding hydrogens is 447 g/mol. The minimum Gasteiger partial charge on any atom is -0.396 e. The molecule has 0 spiro atoms. The van der Waals surface area contributed by atoms with Gasteiger partial charge in [0.2, 0.25) is 15.6 Å². The fourth-order valence-corrected chi connectivity index (χ4v) is 6.21. The van der Waals surface area contributed by atoms with Gasteiger partial charge < -0.3 is 11.1 Å². The lowest BCUT2D eigenvalue weighted by atomic mass is 10.1.